The smallest absolute Gasteiger partial charge is 6.00 e. The maximum atomic E-state index is 8.46. The van der Waals surface area contributed by atoms with E-state index in [2.05, 4.69) is 0 Å². The SMILES string of the molecule is [O]=[Ru]=[O].[Ru+6]. The molecule has 4 heteroatoms. The minimum atomic E-state index is -1.79. The molecule has 0 radical (unpaired) electrons. The summed E-state index contributed by atoms with van der Waals surface area (Å²) in [5.74, 6) is 0. The Morgan fingerprint density at radius 1 is 1.25 bits per heavy atom. The maximum Gasteiger partial charge on any atom is 6.00 e. The van der Waals surface area contributed by atoms with Gasteiger partial charge in [-0.25, -0.2) is 0 Å². The zero-order valence-corrected chi connectivity index (χ0v) is 5.00. The van der Waals surface area contributed by atoms with Crippen molar-refractivity contribution in [2.45, 2.75) is 0 Å². The molecule has 0 amide bonds. The van der Waals surface area contributed by atoms with Crippen molar-refractivity contribution >= 4 is 0 Å². The Morgan fingerprint density at radius 2 is 1.25 bits per heavy atom. The summed E-state index contributed by atoms with van der Waals surface area (Å²) in [6.45, 7) is 0. The van der Waals surface area contributed by atoms with Gasteiger partial charge in [0.1, 0.15) is 0 Å². The first-order chi connectivity index (χ1) is 1.41. The summed E-state index contributed by atoms with van der Waals surface area (Å²) in [6, 6.07) is 0. The summed E-state index contributed by atoms with van der Waals surface area (Å²) in [5, 5.41) is 0. The predicted octanol–water partition coefficient (Wildman–Crippen LogP) is -0.243. The van der Waals surface area contributed by atoms with Crippen molar-refractivity contribution in [2.24, 2.45) is 0 Å². The van der Waals surface area contributed by atoms with Crippen LogP contribution in [0.4, 0.5) is 0 Å². The molecule has 0 aromatic heterocycles. The second-order valence-corrected chi connectivity index (χ2v) is 0.349. The van der Waals surface area contributed by atoms with Gasteiger partial charge in [0.2, 0.25) is 0 Å². The van der Waals surface area contributed by atoms with Crippen molar-refractivity contribution in [3.8, 4) is 0 Å². The third-order valence-corrected chi connectivity index (χ3v) is 0. The van der Waals surface area contributed by atoms with Crippen molar-refractivity contribution in [3.05, 3.63) is 0 Å². The molecule has 0 aromatic carbocycles. The Morgan fingerprint density at radius 3 is 1.25 bits per heavy atom. The van der Waals surface area contributed by atoms with Crippen LogP contribution in [0, 0.1) is 0 Å². The second-order valence-electron chi connectivity index (χ2n) is 0.0589. The van der Waals surface area contributed by atoms with Gasteiger partial charge in [0.25, 0.3) is 0 Å². The van der Waals surface area contributed by atoms with E-state index in [0.29, 0.717) is 0 Å². The minimum Gasteiger partial charge on any atom is 6.00 e. The van der Waals surface area contributed by atoms with Gasteiger partial charge in [0, 0.05) is 0 Å². The van der Waals surface area contributed by atoms with E-state index in [0.717, 1.165) is 0 Å². The molecular formula is O2Ru2+6. The van der Waals surface area contributed by atoms with Crippen molar-refractivity contribution in [3.63, 3.8) is 0 Å². The average Bonchev–Trinajstić information content (AvgIpc) is 0.918. The minimum absolute atomic E-state index is 0. The number of hydrogen-bond acceptors (Lipinski definition) is 2. The topological polar surface area (TPSA) is 34.1 Å². The fraction of sp³-hybridized carbons (Fsp3) is 0. The molecule has 0 aromatic rings. The van der Waals surface area contributed by atoms with Crippen LogP contribution in [0.25, 0.3) is 0 Å². The molecule has 2 nitrogen and oxygen atoms in total. The Hall–Kier alpha value is 0.847. The maximum absolute atomic E-state index is 8.46. The Bertz CT molecular complexity index is 25.0. The van der Waals surface area contributed by atoms with E-state index in [1.165, 1.54) is 0 Å². The molecule has 0 fully saturated rings. The van der Waals surface area contributed by atoms with Crippen molar-refractivity contribution in [1.29, 1.82) is 0 Å². The van der Waals surface area contributed by atoms with Crippen LogP contribution in [0.1, 0.15) is 0 Å². The first-order valence-electron chi connectivity index (χ1n) is 0.289. The fourth-order valence-corrected chi connectivity index (χ4v) is 0. The molecule has 0 bridgehead atoms. The third-order valence-electron chi connectivity index (χ3n) is 0. The summed E-state index contributed by atoms with van der Waals surface area (Å²) in [6.07, 6.45) is 0. The summed E-state index contributed by atoms with van der Waals surface area (Å²) in [4.78, 5) is 0. The van der Waals surface area contributed by atoms with Crippen LogP contribution < -0.4 is 0 Å². The van der Waals surface area contributed by atoms with Gasteiger partial charge in [-0.1, -0.05) is 0 Å². The quantitative estimate of drug-likeness (QED) is 0.542. The van der Waals surface area contributed by atoms with Gasteiger partial charge in [-0.05, 0) is 0 Å². The van der Waals surface area contributed by atoms with Crippen molar-refractivity contribution < 1.29 is 43.7 Å². The molecule has 0 aliphatic carbocycles. The zero-order chi connectivity index (χ0) is 2.71. The van der Waals surface area contributed by atoms with Crippen LogP contribution in [0.5, 0.6) is 0 Å². The van der Waals surface area contributed by atoms with E-state index in [9.17, 15) is 0 Å². The van der Waals surface area contributed by atoms with E-state index in [-0.39, 0.29) is 19.5 Å². The van der Waals surface area contributed by atoms with Crippen LogP contribution in [-0.4, -0.2) is 0 Å². The van der Waals surface area contributed by atoms with Crippen LogP contribution in [0.3, 0.4) is 0 Å². The first kappa shape index (κ1) is 8.85. The molecule has 0 aliphatic rings. The van der Waals surface area contributed by atoms with E-state index in [1.54, 1.807) is 0 Å². The zero-order valence-electron chi connectivity index (χ0n) is 1.52. The summed E-state index contributed by atoms with van der Waals surface area (Å²) >= 11 is -1.79. The standard InChI is InChI=1S/2O.2Ru/q;;;+6. The van der Waals surface area contributed by atoms with Gasteiger partial charge in [0.05, 0.1) is 0 Å². The fourth-order valence-electron chi connectivity index (χ4n) is 0. The van der Waals surface area contributed by atoms with E-state index < -0.39 is 17.0 Å². The summed E-state index contributed by atoms with van der Waals surface area (Å²) in [7, 11) is 0. The second kappa shape index (κ2) is 9.14. The van der Waals surface area contributed by atoms with Gasteiger partial charge < -0.3 is 0 Å². The van der Waals surface area contributed by atoms with Gasteiger partial charge >= 0.3 is 43.7 Å². The van der Waals surface area contributed by atoms with Gasteiger partial charge in [0.15, 0.2) is 0 Å². The third kappa shape index (κ3) is 13.5. The molecular weight excluding hydrogens is 234 g/mol. The van der Waals surface area contributed by atoms with Gasteiger partial charge in [-0.3, -0.25) is 0 Å². The molecule has 0 saturated carbocycles. The normalized spacial score (nSPS) is 4.00. The van der Waals surface area contributed by atoms with Crippen LogP contribution >= 0.6 is 0 Å². The molecule has 22 valence electrons. The molecule has 0 spiro atoms. The van der Waals surface area contributed by atoms with Crippen LogP contribution in [0.15, 0.2) is 0 Å². The van der Waals surface area contributed by atoms with Crippen molar-refractivity contribution in [1.82, 2.24) is 0 Å². The number of hydrogen-bond donors (Lipinski definition) is 0. The molecule has 0 heterocycles. The Labute approximate surface area is 43.8 Å². The van der Waals surface area contributed by atoms with E-state index in [4.69, 9.17) is 7.15 Å². The average molecular weight is 234 g/mol. The Balaban J connectivity index is 0. The molecule has 0 unspecified atom stereocenters. The molecule has 0 rings (SSSR count). The Kier molecular flexibility index (Phi) is 20.2. The largest absolute Gasteiger partial charge is 6.00 e. The first-order valence-corrected chi connectivity index (χ1v) is 1.71. The summed E-state index contributed by atoms with van der Waals surface area (Å²) in [5.41, 5.74) is 0. The molecule has 0 N–H and O–H groups in total. The van der Waals surface area contributed by atoms with Gasteiger partial charge in [-0.2, -0.15) is 0 Å². The molecule has 4 heavy (non-hydrogen) atoms. The van der Waals surface area contributed by atoms with Crippen LogP contribution in [0.2, 0.25) is 0 Å². The van der Waals surface area contributed by atoms with E-state index in [1.807, 2.05) is 0 Å². The predicted molar refractivity (Wildman–Crippen MR) is 1.37 cm³/mol. The van der Waals surface area contributed by atoms with Crippen molar-refractivity contribution in [2.75, 3.05) is 0 Å². The molecule has 0 atom stereocenters. The molecule has 0 aliphatic heterocycles. The number of rotatable bonds is 0. The van der Waals surface area contributed by atoms with Gasteiger partial charge in [-0.15, -0.1) is 0 Å². The van der Waals surface area contributed by atoms with E-state index >= 15 is 0 Å². The summed E-state index contributed by atoms with van der Waals surface area (Å²) < 4.78 is 16.9. The monoisotopic (exact) mass is 236 g/mol. The van der Waals surface area contributed by atoms with Crippen LogP contribution in [-0.2, 0) is 43.7 Å². The molecule has 0 saturated heterocycles.